The van der Waals surface area contributed by atoms with Crippen molar-refractivity contribution in [2.45, 2.75) is 45.4 Å². The van der Waals surface area contributed by atoms with Crippen molar-refractivity contribution in [3.63, 3.8) is 0 Å². The fraction of sp³-hybridized carbons (Fsp3) is 0.320. The van der Waals surface area contributed by atoms with Crippen molar-refractivity contribution in [3.8, 4) is 11.6 Å². The highest BCUT2D eigenvalue weighted by atomic mass is 35.5. The zero-order chi connectivity index (χ0) is 22.8. The van der Waals surface area contributed by atoms with Crippen molar-refractivity contribution in [3.05, 3.63) is 81.8 Å². The van der Waals surface area contributed by atoms with E-state index >= 15 is 0 Å². The second-order valence-electron chi connectivity index (χ2n) is 7.46. The molecule has 0 aliphatic rings. The number of unbranched alkanes of at least 4 members (excludes halogenated alkanes) is 5. The Hall–Kier alpha value is -2.63. The summed E-state index contributed by atoms with van der Waals surface area (Å²) in [5, 5.41) is 5.58. The molecule has 1 amide bonds. The Labute approximate surface area is 198 Å². The number of halogens is 2. The Morgan fingerprint density at radius 3 is 2.50 bits per heavy atom. The number of benzene rings is 2. The normalized spacial score (nSPS) is 11.5. The summed E-state index contributed by atoms with van der Waals surface area (Å²) in [5.74, 6) is 0.0637. The number of carbonyl (C=O) groups excluding carboxylic acids is 1. The number of aromatic nitrogens is 2. The molecule has 7 heteroatoms. The van der Waals surface area contributed by atoms with Crippen LogP contribution in [0.25, 0.3) is 5.69 Å². The predicted octanol–water partition coefficient (Wildman–Crippen LogP) is 6.66. The SMILES string of the molecule is CCCCCCCCOc1cc(=NC(=O)c2ccc(Cl)cc2Cl)cnn1-c1ccccc1. The molecule has 0 fully saturated rings. The predicted molar refractivity (Wildman–Crippen MR) is 129 cm³/mol. The summed E-state index contributed by atoms with van der Waals surface area (Å²) in [6.45, 7) is 2.78. The molecule has 2 aromatic carbocycles. The molecule has 0 aliphatic heterocycles. The van der Waals surface area contributed by atoms with Gasteiger partial charge in [0.05, 0.1) is 34.4 Å². The van der Waals surface area contributed by atoms with E-state index < -0.39 is 5.91 Å². The van der Waals surface area contributed by atoms with Gasteiger partial charge in [0, 0.05) is 11.1 Å². The number of rotatable bonds is 10. The standard InChI is InChI=1S/C25H27Cl2N3O2/c1-2-3-4-5-6-10-15-32-24-17-20(18-28-30(24)21-11-8-7-9-12-21)29-25(31)22-14-13-19(26)16-23(22)27/h7-9,11-14,16-18H,2-6,10,15H2,1H3. The van der Waals surface area contributed by atoms with Crippen LogP contribution < -0.4 is 10.1 Å². The number of hydrogen-bond donors (Lipinski definition) is 0. The summed E-state index contributed by atoms with van der Waals surface area (Å²) in [6.07, 6.45) is 8.58. The number of para-hydroxylation sites is 1. The van der Waals surface area contributed by atoms with E-state index in [1.165, 1.54) is 37.9 Å². The number of ether oxygens (including phenoxy) is 1. The third kappa shape index (κ3) is 6.94. The van der Waals surface area contributed by atoms with Crippen LogP contribution >= 0.6 is 23.2 Å². The average Bonchev–Trinajstić information content (AvgIpc) is 2.79. The van der Waals surface area contributed by atoms with E-state index in [0.717, 1.165) is 18.5 Å². The van der Waals surface area contributed by atoms with Crippen molar-refractivity contribution in [2.75, 3.05) is 6.61 Å². The largest absolute Gasteiger partial charge is 0.478 e. The highest BCUT2D eigenvalue weighted by Gasteiger charge is 2.11. The van der Waals surface area contributed by atoms with Gasteiger partial charge in [0.25, 0.3) is 5.91 Å². The summed E-state index contributed by atoms with van der Waals surface area (Å²) < 4.78 is 7.76. The highest BCUT2D eigenvalue weighted by Crippen LogP contribution is 2.21. The van der Waals surface area contributed by atoms with Crippen LogP contribution in [-0.4, -0.2) is 22.3 Å². The number of carbonyl (C=O) groups is 1. The van der Waals surface area contributed by atoms with Crippen LogP contribution in [0, 0.1) is 0 Å². The maximum atomic E-state index is 12.6. The van der Waals surface area contributed by atoms with E-state index in [9.17, 15) is 4.79 Å². The van der Waals surface area contributed by atoms with Gasteiger partial charge >= 0.3 is 0 Å². The molecule has 168 valence electrons. The Bertz CT molecular complexity index is 1100. The first-order valence-corrected chi connectivity index (χ1v) is 11.7. The molecule has 0 atom stereocenters. The van der Waals surface area contributed by atoms with Gasteiger partial charge in [-0.2, -0.15) is 5.10 Å². The third-order valence-corrected chi connectivity index (χ3v) is 5.47. The maximum absolute atomic E-state index is 12.6. The quantitative estimate of drug-likeness (QED) is 0.310. The second kappa shape index (κ2) is 12.4. The zero-order valence-electron chi connectivity index (χ0n) is 18.1. The summed E-state index contributed by atoms with van der Waals surface area (Å²) in [6, 6.07) is 16.1. The van der Waals surface area contributed by atoms with E-state index in [0.29, 0.717) is 22.9 Å². The van der Waals surface area contributed by atoms with Gasteiger partial charge < -0.3 is 4.74 Å². The molecule has 0 bridgehead atoms. The van der Waals surface area contributed by atoms with E-state index in [1.54, 1.807) is 22.9 Å². The molecule has 0 aliphatic carbocycles. The lowest BCUT2D eigenvalue weighted by Crippen LogP contribution is -2.16. The Morgan fingerprint density at radius 1 is 1.00 bits per heavy atom. The molecule has 3 rings (SSSR count). The summed E-state index contributed by atoms with van der Waals surface area (Å²) >= 11 is 12.1. The Morgan fingerprint density at radius 2 is 1.75 bits per heavy atom. The van der Waals surface area contributed by atoms with Crippen molar-refractivity contribution >= 4 is 29.1 Å². The first kappa shape index (κ1) is 24.0. The van der Waals surface area contributed by atoms with E-state index in [1.807, 2.05) is 30.3 Å². The lowest BCUT2D eigenvalue weighted by molar-refractivity contribution is 0.0998. The van der Waals surface area contributed by atoms with Crippen LogP contribution in [0.15, 0.2) is 65.8 Å². The zero-order valence-corrected chi connectivity index (χ0v) is 19.6. The average molecular weight is 472 g/mol. The molecule has 0 unspecified atom stereocenters. The summed E-state index contributed by atoms with van der Waals surface area (Å²) in [5.41, 5.74) is 1.15. The number of nitrogens with zero attached hydrogens (tertiary/aromatic N) is 3. The molecule has 0 spiro atoms. The molecule has 0 saturated heterocycles. The third-order valence-electron chi connectivity index (χ3n) is 4.93. The summed E-state index contributed by atoms with van der Waals surface area (Å²) in [4.78, 5) is 16.8. The van der Waals surface area contributed by atoms with Gasteiger partial charge in [-0.25, -0.2) is 9.67 Å². The molecule has 3 aromatic rings. The molecule has 5 nitrogen and oxygen atoms in total. The lowest BCUT2D eigenvalue weighted by atomic mass is 10.1. The van der Waals surface area contributed by atoms with E-state index in [4.69, 9.17) is 27.9 Å². The Balaban J connectivity index is 1.81. The second-order valence-corrected chi connectivity index (χ2v) is 8.30. The molecule has 32 heavy (non-hydrogen) atoms. The van der Waals surface area contributed by atoms with E-state index in [2.05, 4.69) is 17.0 Å². The van der Waals surface area contributed by atoms with Gasteiger partial charge in [-0.3, -0.25) is 4.79 Å². The molecular formula is C25H27Cl2N3O2. The first-order valence-electron chi connectivity index (χ1n) is 10.9. The minimum atomic E-state index is -0.465. The molecular weight excluding hydrogens is 445 g/mol. The van der Waals surface area contributed by atoms with Gasteiger partial charge in [-0.15, -0.1) is 0 Å². The summed E-state index contributed by atoms with van der Waals surface area (Å²) in [7, 11) is 0. The first-order chi connectivity index (χ1) is 15.6. The fourth-order valence-electron chi connectivity index (χ4n) is 3.23. The van der Waals surface area contributed by atoms with Crippen molar-refractivity contribution in [1.29, 1.82) is 0 Å². The Kier molecular flexibility index (Phi) is 9.32. The number of hydrogen-bond acceptors (Lipinski definition) is 3. The lowest BCUT2D eigenvalue weighted by Gasteiger charge is -2.13. The van der Waals surface area contributed by atoms with Gasteiger partial charge in [0.1, 0.15) is 0 Å². The number of amides is 1. The van der Waals surface area contributed by atoms with Crippen LogP contribution in [0.4, 0.5) is 0 Å². The highest BCUT2D eigenvalue weighted by molar-refractivity contribution is 6.36. The van der Waals surface area contributed by atoms with Crippen LogP contribution in [0.1, 0.15) is 55.8 Å². The minimum absolute atomic E-state index is 0.258. The van der Waals surface area contributed by atoms with Gasteiger partial charge in [-0.05, 0) is 36.8 Å². The topological polar surface area (TPSA) is 56.5 Å². The molecule has 1 heterocycles. The van der Waals surface area contributed by atoms with Crippen molar-refractivity contribution in [2.24, 2.45) is 4.99 Å². The fourth-order valence-corrected chi connectivity index (χ4v) is 3.71. The maximum Gasteiger partial charge on any atom is 0.279 e. The van der Waals surface area contributed by atoms with Crippen LogP contribution in [0.3, 0.4) is 0 Å². The van der Waals surface area contributed by atoms with E-state index in [-0.39, 0.29) is 10.6 Å². The van der Waals surface area contributed by atoms with Crippen LogP contribution in [0.2, 0.25) is 10.0 Å². The van der Waals surface area contributed by atoms with Gasteiger partial charge in [0.2, 0.25) is 5.88 Å². The van der Waals surface area contributed by atoms with Gasteiger partial charge in [-0.1, -0.05) is 80.4 Å². The molecule has 0 saturated carbocycles. The smallest absolute Gasteiger partial charge is 0.279 e. The minimum Gasteiger partial charge on any atom is -0.478 e. The van der Waals surface area contributed by atoms with Crippen LogP contribution in [0.5, 0.6) is 5.88 Å². The molecule has 1 aromatic heterocycles. The monoisotopic (exact) mass is 471 g/mol. The van der Waals surface area contributed by atoms with Gasteiger partial charge in [0.15, 0.2) is 0 Å². The van der Waals surface area contributed by atoms with Crippen LogP contribution in [-0.2, 0) is 0 Å². The molecule has 0 N–H and O–H groups in total. The van der Waals surface area contributed by atoms with Crippen molar-refractivity contribution in [1.82, 2.24) is 9.78 Å². The van der Waals surface area contributed by atoms with Crippen molar-refractivity contribution < 1.29 is 9.53 Å². The molecule has 0 radical (unpaired) electrons.